The number of hydrogen-bond acceptors (Lipinski definition) is 4. The molecule has 148 valence electrons. The highest BCUT2D eigenvalue weighted by Gasteiger charge is 2.32. The van der Waals surface area contributed by atoms with Crippen LogP contribution in [-0.2, 0) is 11.0 Å². The zero-order chi connectivity index (χ0) is 20.1. The molecule has 0 saturated carbocycles. The SMILES string of the molecule is O=C(c1ccc(C(F)(F)F)cc1)C1CCCN(C(=O)CSc2ccccn2)C1. The van der Waals surface area contributed by atoms with Gasteiger partial charge in [0.25, 0.3) is 0 Å². The number of carbonyl (C=O) groups is 2. The summed E-state index contributed by atoms with van der Waals surface area (Å²) < 4.78 is 38.0. The zero-order valence-corrected chi connectivity index (χ0v) is 15.8. The van der Waals surface area contributed by atoms with E-state index < -0.39 is 17.7 Å². The van der Waals surface area contributed by atoms with Crippen molar-refractivity contribution in [2.45, 2.75) is 24.0 Å². The minimum Gasteiger partial charge on any atom is -0.341 e. The lowest BCUT2D eigenvalue weighted by Gasteiger charge is -2.32. The number of carbonyl (C=O) groups excluding carboxylic acids is 2. The van der Waals surface area contributed by atoms with E-state index in [0.29, 0.717) is 25.9 Å². The van der Waals surface area contributed by atoms with Crippen molar-refractivity contribution in [3.63, 3.8) is 0 Å². The Balaban J connectivity index is 1.59. The molecule has 28 heavy (non-hydrogen) atoms. The lowest BCUT2D eigenvalue weighted by molar-refractivity contribution is -0.137. The number of nitrogens with zero attached hydrogens (tertiary/aromatic N) is 2. The summed E-state index contributed by atoms with van der Waals surface area (Å²) in [5, 5.41) is 0.755. The lowest BCUT2D eigenvalue weighted by Crippen LogP contribution is -2.43. The molecule has 1 atom stereocenters. The largest absolute Gasteiger partial charge is 0.416 e. The van der Waals surface area contributed by atoms with Crippen LogP contribution in [0.2, 0.25) is 0 Å². The summed E-state index contributed by atoms with van der Waals surface area (Å²) in [6.45, 7) is 0.875. The first-order chi connectivity index (χ1) is 13.3. The number of Topliss-reactive ketones (excluding diaryl/α,β-unsaturated/α-hetero) is 1. The molecule has 1 aliphatic rings. The fourth-order valence-electron chi connectivity index (χ4n) is 3.14. The Labute approximate surface area is 165 Å². The number of ketones is 1. The highest BCUT2D eigenvalue weighted by molar-refractivity contribution is 7.99. The monoisotopic (exact) mass is 408 g/mol. The number of alkyl halides is 3. The molecule has 1 amide bonds. The van der Waals surface area contributed by atoms with Crippen molar-refractivity contribution in [1.82, 2.24) is 9.88 Å². The molecule has 0 aliphatic carbocycles. The van der Waals surface area contributed by atoms with Gasteiger partial charge in [-0.1, -0.05) is 30.0 Å². The summed E-state index contributed by atoms with van der Waals surface area (Å²) in [5.74, 6) is -0.448. The van der Waals surface area contributed by atoms with Gasteiger partial charge < -0.3 is 4.90 Å². The van der Waals surface area contributed by atoms with E-state index in [1.165, 1.54) is 23.9 Å². The summed E-state index contributed by atoms with van der Waals surface area (Å²) in [4.78, 5) is 31.0. The Morgan fingerprint density at radius 2 is 1.89 bits per heavy atom. The van der Waals surface area contributed by atoms with Crippen LogP contribution in [-0.4, -0.2) is 40.4 Å². The number of thioether (sulfide) groups is 1. The first-order valence-corrected chi connectivity index (χ1v) is 9.86. The van der Waals surface area contributed by atoms with Crippen LogP contribution < -0.4 is 0 Å². The van der Waals surface area contributed by atoms with Crippen LogP contribution in [0.15, 0.2) is 53.7 Å². The lowest BCUT2D eigenvalue weighted by atomic mass is 9.89. The molecule has 0 N–H and O–H groups in total. The van der Waals surface area contributed by atoms with E-state index in [-0.39, 0.29) is 23.0 Å². The molecule has 1 saturated heterocycles. The quantitative estimate of drug-likeness (QED) is 0.546. The van der Waals surface area contributed by atoms with Gasteiger partial charge in [0, 0.05) is 30.8 Å². The summed E-state index contributed by atoms with van der Waals surface area (Å²) in [6, 6.07) is 9.73. The van der Waals surface area contributed by atoms with Gasteiger partial charge in [-0.3, -0.25) is 9.59 Å². The van der Waals surface area contributed by atoms with Gasteiger partial charge in [0.1, 0.15) is 0 Å². The van der Waals surface area contributed by atoms with Crippen molar-refractivity contribution in [3.8, 4) is 0 Å². The number of pyridine rings is 1. The van der Waals surface area contributed by atoms with Crippen molar-refractivity contribution >= 4 is 23.5 Å². The Hall–Kier alpha value is -2.35. The average Bonchev–Trinajstić information content (AvgIpc) is 2.72. The maximum Gasteiger partial charge on any atom is 0.416 e. The van der Waals surface area contributed by atoms with Crippen molar-refractivity contribution < 1.29 is 22.8 Å². The molecule has 4 nitrogen and oxygen atoms in total. The minimum absolute atomic E-state index is 0.0689. The second-order valence-electron chi connectivity index (χ2n) is 6.57. The van der Waals surface area contributed by atoms with Crippen LogP contribution >= 0.6 is 11.8 Å². The van der Waals surface area contributed by atoms with Crippen molar-refractivity contribution in [3.05, 3.63) is 59.8 Å². The van der Waals surface area contributed by atoms with Crippen LogP contribution in [0.4, 0.5) is 13.2 Å². The second kappa shape index (κ2) is 8.77. The van der Waals surface area contributed by atoms with E-state index >= 15 is 0 Å². The first kappa shape index (κ1) is 20.4. The highest BCUT2D eigenvalue weighted by atomic mass is 32.2. The Kier molecular flexibility index (Phi) is 6.39. The predicted octanol–water partition coefficient (Wildman–Crippen LogP) is 4.31. The van der Waals surface area contributed by atoms with Gasteiger partial charge in [-0.15, -0.1) is 0 Å². The molecule has 1 aliphatic heterocycles. The van der Waals surface area contributed by atoms with Gasteiger partial charge in [0.2, 0.25) is 5.91 Å². The molecule has 2 heterocycles. The van der Waals surface area contributed by atoms with Gasteiger partial charge in [0.05, 0.1) is 16.3 Å². The predicted molar refractivity (Wildman–Crippen MR) is 100 cm³/mol. The highest BCUT2D eigenvalue weighted by Crippen LogP contribution is 2.30. The third-order valence-corrected chi connectivity index (χ3v) is 5.55. The molecular weight excluding hydrogens is 389 g/mol. The number of rotatable bonds is 5. The number of hydrogen-bond donors (Lipinski definition) is 0. The smallest absolute Gasteiger partial charge is 0.341 e. The molecular formula is C20H19F3N2O2S. The van der Waals surface area contributed by atoms with E-state index in [1.807, 2.05) is 12.1 Å². The van der Waals surface area contributed by atoms with E-state index in [2.05, 4.69) is 4.98 Å². The normalized spacial score (nSPS) is 17.4. The van der Waals surface area contributed by atoms with Crippen LogP contribution in [0.5, 0.6) is 0 Å². The average molecular weight is 408 g/mol. The Morgan fingerprint density at radius 3 is 2.54 bits per heavy atom. The van der Waals surface area contributed by atoms with Crippen LogP contribution in [0.25, 0.3) is 0 Å². The maximum absolute atomic E-state index is 12.7. The molecule has 3 rings (SSSR count). The molecule has 0 radical (unpaired) electrons. The summed E-state index contributed by atoms with van der Waals surface area (Å²) >= 11 is 1.34. The van der Waals surface area contributed by atoms with Crippen molar-refractivity contribution in [1.29, 1.82) is 0 Å². The number of amides is 1. The molecule has 2 aromatic rings. The summed E-state index contributed by atoms with van der Waals surface area (Å²) in [7, 11) is 0. The second-order valence-corrected chi connectivity index (χ2v) is 7.57. The molecule has 1 unspecified atom stereocenters. The van der Waals surface area contributed by atoms with Crippen LogP contribution in [0.3, 0.4) is 0 Å². The van der Waals surface area contributed by atoms with Crippen molar-refractivity contribution in [2.75, 3.05) is 18.8 Å². The Bertz CT molecular complexity index is 826. The van der Waals surface area contributed by atoms with E-state index in [9.17, 15) is 22.8 Å². The van der Waals surface area contributed by atoms with Gasteiger partial charge >= 0.3 is 6.18 Å². The topological polar surface area (TPSA) is 50.3 Å². The fraction of sp³-hybridized carbons (Fsp3) is 0.350. The van der Waals surface area contributed by atoms with Gasteiger partial charge in [-0.25, -0.2) is 4.98 Å². The molecule has 8 heteroatoms. The molecule has 0 bridgehead atoms. The van der Waals surface area contributed by atoms with E-state index in [1.54, 1.807) is 17.2 Å². The third-order valence-electron chi connectivity index (χ3n) is 4.62. The number of piperidine rings is 1. The van der Waals surface area contributed by atoms with E-state index in [4.69, 9.17) is 0 Å². The summed E-state index contributed by atoms with van der Waals surface area (Å²) in [6.07, 6.45) is -1.46. The maximum atomic E-state index is 12.7. The zero-order valence-electron chi connectivity index (χ0n) is 15.0. The van der Waals surface area contributed by atoms with E-state index in [0.717, 1.165) is 17.2 Å². The first-order valence-electron chi connectivity index (χ1n) is 8.87. The molecule has 1 fully saturated rings. The number of aromatic nitrogens is 1. The van der Waals surface area contributed by atoms with Crippen LogP contribution in [0.1, 0.15) is 28.8 Å². The minimum atomic E-state index is -4.43. The van der Waals surface area contributed by atoms with Gasteiger partial charge in [0.15, 0.2) is 5.78 Å². The van der Waals surface area contributed by atoms with Gasteiger partial charge in [-0.05, 0) is 37.1 Å². The molecule has 1 aromatic heterocycles. The number of halogens is 3. The number of benzene rings is 1. The molecule has 0 spiro atoms. The fourth-order valence-corrected chi connectivity index (χ4v) is 3.90. The van der Waals surface area contributed by atoms with Gasteiger partial charge in [-0.2, -0.15) is 13.2 Å². The standard InChI is InChI=1S/C20H19F3N2O2S/c21-20(22,23)16-8-6-14(7-9-16)19(27)15-4-3-11-25(12-15)18(26)13-28-17-5-1-2-10-24-17/h1-2,5-10,15H,3-4,11-13H2. The third kappa shape index (κ3) is 5.13. The summed E-state index contributed by atoms with van der Waals surface area (Å²) in [5.41, 5.74) is -0.536. The number of likely N-dealkylation sites (tertiary alicyclic amines) is 1. The van der Waals surface area contributed by atoms with Crippen molar-refractivity contribution in [2.24, 2.45) is 5.92 Å². The molecule has 1 aromatic carbocycles. The Morgan fingerprint density at radius 1 is 1.14 bits per heavy atom. The van der Waals surface area contributed by atoms with Crippen LogP contribution in [0, 0.1) is 5.92 Å².